The Morgan fingerprint density at radius 2 is 1.27 bits per heavy atom. The molecule has 0 aliphatic rings. The monoisotopic (exact) mass is 322 g/mol. The summed E-state index contributed by atoms with van der Waals surface area (Å²) in [6.07, 6.45) is 2.28. The Balaban J connectivity index is 3.23. The zero-order chi connectivity index (χ0) is 16.5. The van der Waals surface area contributed by atoms with Gasteiger partial charge in [0, 0.05) is 6.61 Å². The van der Waals surface area contributed by atoms with E-state index in [-0.39, 0.29) is 18.8 Å². The Kier molecular flexibility index (Phi) is 16.9. The lowest BCUT2D eigenvalue weighted by molar-refractivity contribution is -0.0572. The van der Waals surface area contributed by atoms with Crippen molar-refractivity contribution >= 4 is 0 Å². The number of hydrogen-bond donors (Lipinski definition) is 1. The van der Waals surface area contributed by atoms with Crippen molar-refractivity contribution in [1.29, 1.82) is 0 Å². The molecule has 0 amide bonds. The molecule has 6 nitrogen and oxygen atoms in total. The van der Waals surface area contributed by atoms with Gasteiger partial charge in [-0.05, 0) is 20.3 Å². The molecular formula is C16H34O6. The lowest BCUT2D eigenvalue weighted by Crippen LogP contribution is -2.22. The lowest BCUT2D eigenvalue weighted by atomic mass is 10.4. The molecule has 0 radical (unpaired) electrons. The first-order chi connectivity index (χ1) is 10.7. The maximum atomic E-state index is 8.62. The summed E-state index contributed by atoms with van der Waals surface area (Å²) in [6.45, 7) is 10.6. The number of aliphatic hydroxyl groups excluding tert-OH is 1. The number of hydrogen-bond acceptors (Lipinski definition) is 6. The Morgan fingerprint density at radius 1 is 0.727 bits per heavy atom. The summed E-state index contributed by atoms with van der Waals surface area (Å²) in [5.41, 5.74) is 0. The number of unbranched alkanes of at least 4 members (excludes halogenated alkanes) is 1. The van der Waals surface area contributed by atoms with E-state index < -0.39 is 0 Å². The summed E-state index contributed by atoms with van der Waals surface area (Å²) in [6, 6.07) is 0. The second-order valence-electron chi connectivity index (χ2n) is 5.20. The van der Waals surface area contributed by atoms with Crippen LogP contribution in [0.3, 0.4) is 0 Å². The standard InChI is InChI=1S/C16H34O6/c1-4-5-7-18-9-10-19-14-16(3)22-12-11-20-13-15(2)21-8-6-17/h15-17H,4-14H2,1-3H3. The third-order valence-corrected chi connectivity index (χ3v) is 2.84. The van der Waals surface area contributed by atoms with Gasteiger partial charge in [0.2, 0.25) is 0 Å². The molecule has 1 N–H and O–H groups in total. The van der Waals surface area contributed by atoms with Crippen molar-refractivity contribution in [3.63, 3.8) is 0 Å². The molecule has 0 rings (SSSR count). The van der Waals surface area contributed by atoms with Gasteiger partial charge in [0.15, 0.2) is 0 Å². The molecule has 0 heterocycles. The average Bonchev–Trinajstić information content (AvgIpc) is 2.51. The van der Waals surface area contributed by atoms with Crippen molar-refractivity contribution < 1.29 is 28.8 Å². The van der Waals surface area contributed by atoms with E-state index in [0.717, 1.165) is 19.4 Å². The Labute approximate surface area is 135 Å². The van der Waals surface area contributed by atoms with Gasteiger partial charge in [0.05, 0.1) is 65.1 Å². The molecule has 2 atom stereocenters. The van der Waals surface area contributed by atoms with Crippen molar-refractivity contribution in [2.45, 2.75) is 45.8 Å². The van der Waals surface area contributed by atoms with E-state index in [1.165, 1.54) is 0 Å². The molecular weight excluding hydrogens is 288 g/mol. The summed E-state index contributed by atoms with van der Waals surface area (Å²) >= 11 is 0. The van der Waals surface area contributed by atoms with Gasteiger partial charge in [0.1, 0.15) is 0 Å². The first-order valence-corrected chi connectivity index (χ1v) is 8.28. The van der Waals surface area contributed by atoms with Crippen LogP contribution in [0.1, 0.15) is 33.6 Å². The van der Waals surface area contributed by atoms with Crippen molar-refractivity contribution in [2.24, 2.45) is 0 Å². The van der Waals surface area contributed by atoms with Gasteiger partial charge in [-0.1, -0.05) is 13.3 Å². The van der Waals surface area contributed by atoms with E-state index in [4.69, 9.17) is 28.8 Å². The largest absolute Gasteiger partial charge is 0.394 e. The molecule has 0 aromatic rings. The average molecular weight is 322 g/mol. The number of ether oxygens (including phenoxy) is 5. The van der Waals surface area contributed by atoms with Crippen LogP contribution in [-0.2, 0) is 23.7 Å². The van der Waals surface area contributed by atoms with Crippen LogP contribution in [0.4, 0.5) is 0 Å². The third-order valence-electron chi connectivity index (χ3n) is 2.84. The van der Waals surface area contributed by atoms with Crippen LogP contribution in [0.2, 0.25) is 0 Å². The van der Waals surface area contributed by atoms with E-state index in [1.54, 1.807) is 0 Å². The zero-order valence-corrected chi connectivity index (χ0v) is 14.4. The second-order valence-corrected chi connectivity index (χ2v) is 5.20. The maximum Gasteiger partial charge on any atom is 0.0781 e. The predicted molar refractivity (Wildman–Crippen MR) is 85.3 cm³/mol. The van der Waals surface area contributed by atoms with Gasteiger partial charge in [-0.2, -0.15) is 0 Å². The zero-order valence-electron chi connectivity index (χ0n) is 14.4. The van der Waals surface area contributed by atoms with Crippen LogP contribution in [0, 0.1) is 0 Å². The topological polar surface area (TPSA) is 66.4 Å². The molecule has 0 spiro atoms. The molecule has 0 fully saturated rings. The Morgan fingerprint density at radius 3 is 1.86 bits per heavy atom. The fraction of sp³-hybridized carbons (Fsp3) is 1.00. The molecule has 0 aromatic heterocycles. The van der Waals surface area contributed by atoms with Crippen LogP contribution >= 0.6 is 0 Å². The minimum atomic E-state index is -0.0133. The first kappa shape index (κ1) is 21.8. The first-order valence-electron chi connectivity index (χ1n) is 8.28. The summed E-state index contributed by atoms with van der Waals surface area (Å²) in [5.74, 6) is 0. The molecule has 0 aliphatic carbocycles. The highest BCUT2D eigenvalue weighted by Crippen LogP contribution is 1.95. The van der Waals surface area contributed by atoms with E-state index in [2.05, 4.69) is 6.92 Å². The smallest absolute Gasteiger partial charge is 0.0781 e. The Hall–Kier alpha value is -0.240. The van der Waals surface area contributed by atoms with Crippen molar-refractivity contribution in [3.8, 4) is 0 Å². The Bertz CT molecular complexity index is 215. The fourth-order valence-corrected chi connectivity index (χ4v) is 1.62. The third kappa shape index (κ3) is 16.1. The molecule has 6 heteroatoms. The number of aliphatic hydroxyl groups is 1. The molecule has 134 valence electrons. The van der Waals surface area contributed by atoms with E-state index in [9.17, 15) is 0 Å². The van der Waals surface area contributed by atoms with Crippen LogP contribution in [0.15, 0.2) is 0 Å². The highest BCUT2D eigenvalue weighted by molar-refractivity contribution is 4.49. The van der Waals surface area contributed by atoms with Crippen molar-refractivity contribution in [2.75, 3.05) is 59.5 Å². The highest BCUT2D eigenvalue weighted by Gasteiger charge is 2.04. The van der Waals surface area contributed by atoms with E-state index in [0.29, 0.717) is 46.2 Å². The van der Waals surface area contributed by atoms with Crippen LogP contribution < -0.4 is 0 Å². The predicted octanol–water partition coefficient (Wildman–Crippen LogP) is 1.64. The SMILES string of the molecule is CCCCOCCOCC(C)OCCOCC(C)OCCO. The van der Waals surface area contributed by atoms with Gasteiger partial charge in [-0.25, -0.2) is 0 Å². The van der Waals surface area contributed by atoms with Gasteiger partial charge >= 0.3 is 0 Å². The van der Waals surface area contributed by atoms with Gasteiger partial charge < -0.3 is 28.8 Å². The minimum Gasteiger partial charge on any atom is -0.394 e. The molecule has 0 aromatic carbocycles. The fourth-order valence-electron chi connectivity index (χ4n) is 1.62. The van der Waals surface area contributed by atoms with Crippen LogP contribution in [0.25, 0.3) is 0 Å². The van der Waals surface area contributed by atoms with E-state index >= 15 is 0 Å². The van der Waals surface area contributed by atoms with E-state index in [1.807, 2.05) is 13.8 Å². The second kappa shape index (κ2) is 17.1. The molecule has 0 aliphatic heterocycles. The normalized spacial score (nSPS) is 14.2. The summed E-state index contributed by atoms with van der Waals surface area (Å²) < 4.78 is 27.2. The molecule has 22 heavy (non-hydrogen) atoms. The van der Waals surface area contributed by atoms with Gasteiger partial charge in [-0.15, -0.1) is 0 Å². The van der Waals surface area contributed by atoms with Crippen molar-refractivity contribution in [1.82, 2.24) is 0 Å². The molecule has 0 saturated carbocycles. The highest BCUT2D eigenvalue weighted by atomic mass is 16.6. The minimum absolute atomic E-state index is 0.0133. The summed E-state index contributed by atoms with van der Waals surface area (Å²) in [4.78, 5) is 0. The lowest BCUT2D eigenvalue weighted by Gasteiger charge is -2.15. The summed E-state index contributed by atoms with van der Waals surface area (Å²) in [7, 11) is 0. The van der Waals surface area contributed by atoms with Crippen LogP contribution in [0.5, 0.6) is 0 Å². The number of rotatable bonds is 17. The maximum absolute atomic E-state index is 8.62. The molecule has 0 bridgehead atoms. The van der Waals surface area contributed by atoms with Gasteiger partial charge in [0.25, 0.3) is 0 Å². The molecule has 0 saturated heterocycles. The quantitative estimate of drug-likeness (QED) is 0.411. The van der Waals surface area contributed by atoms with Crippen molar-refractivity contribution in [3.05, 3.63) is 0 Å². The van der Waals surface area contributed by atoms with Crippen LogP contribution in [-0.4, -0.2) is 76.8 Å². The molecule has 2 unspecified atom stereocenters. The van der Waals surface area contributed by atoms with Gasteiger partial charge in [-0.3, -0.25) is 0 Å². The summed E-state index contributed by atoms with van der Waals surface area (Å²) in [5, 5.41) is 8.62.